The molecule has 12 heavy (non-hydrogen) atoms. The number of hydrogen-bond donors (Lipinski definition) is 1. The number of carboxylic acid groups (broad SMARTS) is 1. The molecule has 1 N–H and O–H groups in total. The average Bonchev–Trinajstić information content (AvgIpc) is 2.06. The normalized spacial score (nSPS) is 18.8. The van der Waals surface area contributed by atoms with Crippen LogP contribution in [0, 0.1) is 17.2 Å². The van der Waals surface area contributed by atoms with E-state index in [1.165, 1.54) is 4.90 Å². The molecule has 0 saturated carbocycles. The lowest BCUT2D eigenvalue weighted by atomic mass is 9.94. The van der Waals surface area contributed by atoms with Crippen LogP contribution in [0.5, 0.6) is 0 Å². The smallest absolute Gasteiger partial charge is 0.407 e. The van der Waals surface area contributed by atoms with Crippen LogP contribution in [0.1, 0.15) is 19.3 Å². The van der Waals surface area contributed by atoms with Crippen molar-refractivity contribution in [1.82, 2.24) is 4.90 Å². The summed E-state index contributed by atoms with van der Waals surface area (Å²) in [6, 6.07) is 2.12. The summed E-state index contributed by atoms with van der Waals surface area (Å²) in [6.45, 7) is 1.17. The van der Waals surface area contributed by atoms with Crippen molar-refractivity contribution in [2.24, 2.45) is 5.92 Å². The van der Waals surface area contributed by atoms with Crippen LogP contribution in [0.4, 0.5) is 4.79 Å². The van der Waals surface area contributed by atoms with Gasteiger partial charge in [0, 0.05) is 19.5 Å². The van der Waals surface area contributed by atoms with E-state index < -0.39 is 6.09 Å². The number of likely N-dealkylation sites (tertiary alicyclic amines) is 1. The van der Waals surface area contributed by atoms with Crippen LogP contribution >= 0.6 is 0 Å². The lowest BCUT2D eigenvalue weighted by Crippen LogP contribution is -2.37. The molecular formula is C8H12N2O2. The molecule has 66 valence electrons. The van der Waals surface area contributed by atoms with Crippen LogP contribution < -0.4 is 0 Å². The van der Waals surface area contributed by atoms with E-state index in [9.17, 15) is 4.79 Å². The fourth-order valence-electron chi connectivity index (χ4n) is 1.46. The highest BCUT2D eigenvalue weighted by molar-refractivity contribution is 5.64. The summed E-state index contributed by atoms with van der Waals surface area (Å²) in [5.74, 6) is 0.408. The first-order chi connectivity index (χ1) is 5.74. The van der Waals surface area contributed by atoms with Crippen molar-refractivity contribution < 1.29 is 9.90 Å². The van der Waals surface area contributed by atoms with Crippen molar-refractivity contribution >= 4 is 6.09 Å². The Morgan fingerprint density at radius 3 is 2.58 bits per heavy atom. The van der Waals surface area contributed by atoms with Gasteiger partial charge in [0.05, 0.1) is 6.07 Å². The van der Waals surface area contributed by atoms with Crippen molar-refractivity contribution in [3.05, 3.63) is 0 Å². The Morgan fingerprint density at radius 2 is 2.17 bits per heavy atom. The molecule has 1 amide bonds. The van der Waals surface area contributed by atoms with Gasteiger partial charge in [0.15, 0.2) is 0 Å². The predicted molar refractivity (Wildman–Crippen MR) is 42.6 cm³/mol. The molecule has 4 nitrogen and oxygen atoms in total. The minimum Gasteiger partial charge on any atom is -0.465 e. The molecule has 1 rings (SSSR count). The molecule has 0 aromatic carbocycles. The second-order valence-corrected chi connectivity index (χ2v) is 3.08. The quantitative estimate of drug-likeness (QED) is 0.641. The van der Waals surface area contributed by atoms with Crippen molar-refractivity contribution in [2.75, 3.05) is 13.1 Å². The summed E-state index contributed by atoms with van der Waals surface area (Å²) >= 11 is 0. The van der Waals surface area contributed by atoms with E-state index in [0.717, 1.165) is 12.8 Å². The molecule has 0 aromatic rings. The Kier molecular flexibility index (Phi) is 2.92. The van der Waals surface area contributed by atoms with Crippen LogP contribution in [0.3, 0.4) is 0 Å². The molecular weight excluding hydrogens is 156 g/mol. The Morgan fingerprint density at radius 1 is 1.58 bits per heavy atom. The first kappa shape index (κ1) is 8.85. The fraction of sp³-hybridized carbons (Fsp3) is 0.750. The van der Waals surface area contributed by atoms with E-state index in [4.69, 9.17) is 10.4 Å². The average molecular weight is 168 g/mol. The highest BCUT2D eigenvalue weighted by atomic mass is 16.4. The maximum Gasteiger partial charge on any atom is 0.407 e. The molecule has 1 aliphatic rings. The maximum atomic E-state index is 10.5. The monoisotopic (exact) mass is 168 g/mol. The van der Waals surface area contributed by atoms with Gasteiger partial charge in [0.25, 0.3) is 0 Å². The van der Waals surface area contributed by atoms with Crippen LogP contribution in [0.2, 0.25) is 0 Å². The van der Waals surface area contributed by atoms with Crippen LogP contribution in [-0.4, -0.2) is 29.2 Å². The third kappa shape index (κ3) is 2.12. The van der Waals surface area contributed by atoms with Crippen molar-refractivity contribution in [3.8, 4) is 6.07 Å². The van der Waals surface area contributed by atoms with E-state index in [-0.39, 0.29) is 0 Å². The number of carbonyl (C=O) groups is 1. The molecule has 0 aliphatic carbocycles. The SMILES string of the molecule is N#CCC1CCN(C(=O)O)CC1. The molecule has 1 saturated heterocycles. The largest absolute Gasteiger partial charge is 0.465 e. The van der Waals surface area contributed by atoms with Crippen LogP contribution in [0.25, 0.3) is 0 Å². The molecule has 4 heteroatoms. The Balaban J connectivity index is 2.30. The highest BCUT2D eigenvalue weighted by Gasteiger charge is 2.21. The summed E-state index contributed by atoms with van der Waals surface area (Å²) in [7, 11) is 0. The fourth-order valence-corrected chi connectivity index (χ4v) is 1.46. The molecule has 0 unspecified atom stereocenters. The molecule has 0 radical (unpaired) electrons. The molecule has 0 atom stereocenters. The maximum absolute atomic E-state index is 10.5. The highest BCUT2D eigenvalue weighted by Crippen LogP contribution is 2.19. The molecule has 1 aliphatic heterocycles. The molecule has 1 fully saturated rings. The van der Waals surface area contributed by atoms with Gasteiger partial charge in [0.1, 0.15) is 0 Å². The predicted octanol–water partition coefficient (Wildman–Crippen LogP) is 1.29. The summed E-state index contributed by atoms with van der Waals surface area (Å²) in [4.78, 5) is 11.9. The van der Waals surface area contributed by atoms with Gasteiger partial charge in [-0.05, 0) is 18.8 Å². The van der Waals surface area contributed by atoms with Crippen LogP contribution in [-0.2, 0) is 0 Å². The standard InChI is InChI=1S/C8H12N2O2/c9-4-1-7-2-5-10(6-3-7)8(11)12/h7H,1-3,5-6H2,(H,11,12). The van der Waals surface area contributed by atoms with Gasteiger partial charge in [-0.25, -0.2) is 4.79 Å². The third-order valence-electron chi connectivity index (χ3n) is 2.27. The van der Waals surface area contributed by atoms with Crippen molar-refractivity contribution in [3.63, 3.8) is 0 Å². The topological polar surface area (TPSA) is 64.3 Å². The minimum atomic E-state index is -0.842. The van der Waals surface area contributed by atoms with E-state index >= 15 is 0 Å². The number of hydrogen-bond acceptors (Lipinski definition) is 2. The Bertz CT molecular complexity index is 202. The van der Waals surface area contributed by atoms with Crippen LogP contribution in [0.15, 0.2) is 0 Å². The Labute approximate surface area is 71.4 Å². The number of nitrogens with zero attached hydrogens (tertiary/aromatic N) is 2. The number of nitriles is 1. The number of piperidine rings is 1. The zero-order valence-electron chi connectivity index (χ0n) is 6.86. The first-order valence-corrected chi connectivity index (χ1v) is 4.09. The first-order valence-electron chi connectivity index (χ1n) is 4.09. The van der Waals surface area contributed by atoms with Gasteiger partial charge in [0.2, 0.25) is 0 Å². The lowest BCUT2D eigenvalue weighted by molar-refractivity contribution is 0.125. The molecule has 0 aromatic heterocycles. The summed E-state index contributed by atoms with van der Waals surface area (Å²) in [6.07, 6.45) is 1.39. The van der Waals surface area contributed by atoms with Gasteiger partial charge in [-0.3, -0.25) is 0 Å². The van der Waals surface area contributed by atoms with E-state index in [2.05, 4.69) is 6.07 Å². The zero-order valence-corrected chi connectivity index (χ0v) is 6.86. The molecule has 1 heterocycles. The van der Waals surface area contributed by atoms with E-state index in [0.29, 0.717) is 25.4 Å². The molecule has 0 bridgehead atoms. The number of rotatable bonds is 1. The number of amides is 1. The summed E-state index contributed by atoms with van der Waals surface area (Å²) in [5.41, 5.74) is 0. The second-order valence-electron chi connectivity index (χ2n) is 3.08. The van der Waals surface area contributed by atoms with Gasteiger partial charge in [-0.15, -0.1) is 0 Å². The summed E-state index contributed by atoms with van der Waals surface area (Å²) < 4.78 is 0. The Hall–Kier alpha value is -1.24. The second kappa shape index (κ2) is 3.96. The van der Waals surface area contributed by atoms with Gasteiger partial charge >= 0.3 is 6.09 Å². The third-order valence-corrected chi connectivity index (χ3v) is 2.27. The van der Waals surface area contributed by atoms with Gasteiger partial charge in [-0.1, -0.05) is 0 Å². The van der Waals surface area contributed by atoms with Crippen molar-refractivity contribution in [2.45, 2.75) is 19.3 Å². The zero-order chi connectivity index (χ0) is 8.97. The molecule has 0 spiro atoms. The minimum absolute atomic E-state index is 0.408. The van der Waals surface area contributed by atoms with Gasteiger partial charge < -0.3 is 10.0 Å². The van der Waals surface area contributed by atoms with Gasteiger partial charge in [-0.2, -0.15) is 5.26 Å². The lowest BCUT2D eigenvalue weighted by Gasteiger charge is -2.28. The van der Waals surface area contributed by atoms with Crippen molar-refractivity contribution in [1.29, 1.82) is 5.26 Å². The van der Waals surface area contributed by atoms with E-state index in [1.807, 2.05) is 0 Å². The van der Waals surface area contributed by atoms with E-state index in [1.54, 1.807) is 0 Å². The summed E-state index contributed by atoms with van der Waals surface area (Å²) in [5, 5.41) is 17.0.